The van der Waals surface area contributed by atoms with Crippen molar-refractivity contribution in [2.45, 2.75) is 63.0 Å². The molecule has 4 N–H and O–H groups in total. The third kappa shape index (κ3) is 8.02. The van der Waals surface area contributed by atoms with E-state index >= 15 is 0 Å². The number of hydrogen-bond acceptors (Lipinski definition) is 4. The minimum absolute atomic E-state index is 0.155. The Labute approximate surface area is 241 Å². The average Bonchev–Trinajstić information content (AvgIpc) is 3.74. The first-order chi connectivity index (χ1) is 19.6. The van der Waals surface area contributed by atoms with E-state index < -0.39 is 73.8 Å². The monoisotopic (exact) mass is 616 g/mol. The molecule has 0 aromatic heterocycles. The molecule has 2 aromatic rings. The van der Waals surface area contributed by atoms with Gasteiger partial charge in [-0.1, -0.05) is 41.9 Å². The Morgan fingerprint density at radius 3 is 2.21 bits per heavy atom. The lowest BCUT2D eigenvalue weighted by Gasteiger charge is -2.26. The van der Waals surface area contributed by atoms with Crippen molar-refractivity contribution < 1.29 is 40.7 Å². The Morgan fingerprint density at radius 1 is 1.00 bits per heavy atom. The van der Waals surface area contributed by atoms with Crippen LogP contribution < -0.4 is 16.4 Å². The Kier molecular flexibility index (Phi) is 9.19. The van der Waals surface area contributed by atoms with E-state index in [1.165, 1.54) is 6.07 Å². The molecule has 1 fully saturated rings. The van der Waals surface area contributed by atoms with Crippen molar-refractivity contribution in [1.82, 2.24) is 5.32 Å². The van der Waals surface area contributed by atoms with Crippen LogP contribution in [0.5, 0.6) is 0 Å². The highest BCUT2D eigenvalue weighted by Gasteiger charge is 2.40. The van der Waals surface area contributed by atoms with E-state index in [0.717, 1.165) is 18.4 Å². The molecule has 0 spiro atoms. The first-order valence-corrected chi connectivity index (χ1v) is 13.5. The number of nitrogens with zero attached hydrogens (tertiary/aromatic N) is 1. The van der Waals surface area contributed by atoms with Crippen LogP contribution in [0.1, 0.15) is 61.1 Å². The standard InChI is InChI=1S/C28H27ClF6N4O3/c29-20-6-2-5-19-21(16-4-1-3-15(13-16)14-7-8-14)37-24(26(42)38-22(19)20)39-25(41)18(10-12-28(33,34)35)17(23(36)40)9-11-27(30,31)32/h1-6,13-14,17-18,24H,7-12H2,(H2,36,40)(H,38,42)(H,39,41)/t17-,18+,24-/m1/s1. The molecule has 3 amide bonds. The molecule has 1 aliphatic heterocycles. The number of hydrogen-bond donors (Lipinski definition) is 3. The summed E-state index contributed by atoms with van der Waals surface area (Å²) >= 11 is 6.35. The zero-order chi connectivity index (χ0) is 30.8. The van der Waals surface area contributed by atoms with Gasteiger partial charge in [-0.3, -0.25) is 14.4 Å². The van der Waals surface area contributed by atoms with Crippen molar-refractivity contribution >= 4 is 40.7 Å². The van der Waals surface area contributed by atoms with Gasteiger partial charge in [0.25, 0.3) is 5.91 Å². The van der Waals surface area contributed by atoms with Gasteiger partial charge < -0.3 is 16.4 Å². The highest BCUT2D eigenvalue weighted by molar-refractivity contribution is 6.36. The number of primary amides is 1. The minimum Gasteiger partial charge on any atom is -0.369 e. The third-order valence-corrected chi connectivity index (χ3v) is 7.49. The number of benzene rings is 2. The lowest BCUT2D eigenvalue weighted by Crippen LogP contribution is -2.48. The number of carbonyl (C=O) groups is 3. The normalized spacial score (nSPS) is 18.7. The molecule has 226 valence electrons. The second-order valence-corrected chi connectivity index (χ2v) is 10.8. The number of alkyl halides is 6. The van der Waals surface area contributed by atoms with Crippen LogP contribution in [0.2, 0.25) is 5.02 Å². The first-order valence-electron chi connectivity index (χ1n) is 13.1. The first kappa shape index (κ1) is 31.3. The molecule has 3 atom stereocenters. The molecule has 7 nitrogen and oxygen atoms in total. The zero-order valence-electron chi connectivity index (χ0n) is 22.0. The summed E-state index contributed by atoms with van der Waals surface area (Å²) in [7, 11) is 0. The summed E-state index contributed by atoms with van der Waals surface area (Å²) in [6, 6.07) is 12.1. The zero-order valence-corrected chi connectivity index (χ0v) is 22.7. The van der Waals surface area contributed by atoms with Gasteiger partial charge in [0.1, 0.15) is 0 Å². The van der Waals surface area contributed by atoms with Crippen LogP contribution in [-0.2, 0) is 14.4 Å². The molecule has 0 bridgehead atoms. The van der Waals surface area contributed by atoms with E-state index in [1.807, 2.05) is 12.1 Å². The summed E-state index contributed by atoms with van der Waals surface area (Å²) in [4.78, 5) is 43.1. The van der Waals surface area contributed by atoms with Crippen LogP contribution >= 0.6 is 11.6 Å². The van der Waals surface area contributed by atoms with Crippen molar-refractivity contribution in [2.75, 3.05) is 5.32 Å². The van der Waals surface area contributed by atoms with Crippen LogP contribution in [-0.4, -0.2) is 42.0 Å². The van der Waals surface area contributed by atoms with Crippen LogP contribution in [0.3, 0.4) is 0 Å². The Hall–Kier alpha value is -3.61. The van der Waals surface area contributed by atoms with E-state index in [1.54, 1.807) is 24.3 Å². The highest BCUT2D eigenvalue weighted by atomic mass is 35.5. The minimum atomic E-state index is -4.78. The smallest absolute Gasteiger partial charge is 0.369 e. The van der Waals surface area contributed by atoms with Crippen LogP contribution in [0, 0.1) is 11.8 Å². The van der Waals surface area contributed by atoms with Gasteiger partial charge in [0.15, 0.2) is 0 Å². The topological polar surface area (TPSA) is 114 Å². The molecular formula is C28H27ClF6N4O3. The average molecular weight is 617 g/mol. The molecule has 0 radical (unpaired) electrons. The number of anilines is 1. The molecule has 2 aliphatic rings. The molecular weight excluding hydrogens is 590 g/mol. The maximum absolute atomic E-state index is 13.3. The fraction of sp³-hybridized carbons (Fsp3) is 0.429. The molecule has 42 heavy (non-hydrogen) atoms. The molecule has 1 saturated carbocycles. The summed E-state index contributed by atoms with van der Waals surface area (Å²) in [6.45, 7) is 0. The summed E-state index contributed by atoms with van der Waals surface area (Å²) in [5.41, 5.74) is 7.71. The maximum atomic E-state index is 13.3. The van der Waals surface area contributed by atoms with Gasteiger partial charge in [0.2, 0.25) is 18.0 Å². The number of nitrogens with one attached hydrogen (secondary N) is 2. The Morgan fingerprint density at radius 2 is 1.62 bits per heavy atom. The second-order valence-electron chi connectivity index (χ2n) is 10.4. The van der Waals surface area contributed by atoms with E-state index in [2.05, 4.69) is 15.6 Å². The summed E-state index contributed by atoms with van der Waals surface area (Å²) in [6.07, 6.45) is -14.4. The van der Waals surface area contributed by atoms with Crippen LogP contribution in [0.4, 0.5) is 32.0 Å². The van der Waals surface area contributed by atoms with Crippen LogP contribution in [0.25, 0.3) is 0 Å². The molecule has 0 unspecified atom stereocenters. The molecule has 1 heterocycles. The van der Waals surface area contributed by atoms with E-state index in [-0.39, 0.29) is 16.4 Å². The lowest BCUT2D eigenvalue weighted by molar-refractivity contribution is -0.152. The van der Waals surface area contributed by atoms with Gasteiger partial charge in [-0.2, -0.15) is 26.3 Å². The largest absolute Gasteiger partial charge is 0.389 e. The number of benzodiazepines with no additional fused rings is 1. The number of aliphatic imine (C=N–C) groups is 1. The van der Waals surface area contributed by atoms with Crippen molar-refractivity contribution in [3.8, 4) is 0 Å². The van der Waals surface area contributed by atoms with Crippen molar-refractivity contribution in [1.29, 1.82) is 0 Å². The molecule has 14 heteroatoms. The maximum Gasteiger partial charge on any atom is 0.389 e. The Bertz CT molecular complexity index is 1390. The number of amides is 3. The van der Waals surface area contributed by atoms with Crippen molar-refractivity contribution in [3.05, 3.63) is 64.2 Å². The third-order valence-electron chi connectivity index (χ3n) is 7.18. The molecule has 2 aromatic carbocycles. The number of fused-ring (bicyclic) bond motifs is 1. The fourth-order valence-electron chi connectivity index (χ4n) is 4.92. The second kappa shape index (κ2) is 12.3. The van der Waals surface area contributed by atoms with Gasteiger partial charge in [-0.25, -0.2) is 4.99 Å². The van der Waals surface area contributed by atoms with Crippen LogP contribution in [0.15, 0.2) is 47.5 Å². The van der Waals surface area contributed by atoms with Gasteiger partial charge in [-0.05, 0) is 49.3 Å². The number of nitrogens with two attached hydrogens (primary N) is 1. The molecule has 1 aliphatic carbocycles. The van der Waals surface area contributed by atoms with E-state index in [0.29, 0.717) is 17.0 Å². The number of rotatable bonds is 10. The summed E-state index contributed by atoms with van der Waals surface area (Å²) in [5.74, 6) is -6.96. The van der Waals surface area contributed by atoms with Crippen molar-refractivity contribution in [2.24, 2.45) is 22.6 Å². The number of para-hydroxylation sites is 1. The van der Waals surface area contributed by atoms with Gasteiger partial charge in [0, 0.05) is 35.8 Å². The van der Waals surface area contributed by atoms with E-state index in [9.17, 15) is 40.7 Å². The van der Waals surface area contributed by atoms with E-state index in [4.69, 9.17) is 17.3 Å². The summed E-state index contributed by atoms with van der Waals surface area (Å²) < 4.78 is 78.0. The quantitative estimate of drug-likeness (QED) is 0.291. The lowest BCUT2D eigenvalue weighted by atomic mass is 9.83. The summed E-state index contributed by atoms with van der Waals surface area (Å²) in [5, 5.41) is 4.97. The predicted molar refractivity (Wildman–Crippen MR) is 143 cm³/mol. The number of carbonyl (C=O) groups excluding carboxylic acids is 3. The SMILES string of the molecule is NC(=O)[C@H](CCC(F)(F)F)[C@H](CCC(F)(F)F)C(=O)N[C@H]1N=C(c2cccc(C3CC3)c2)c2cccc(Cl)c2NC1=O. The Balaban J connectivity index is 1.70. The fourth-order valence-corrected chi connectivity index (χ4v) is 5.14. The predicted octanol–water partition coefficient (Wildman–Crippen LogP) is 5.85. The highest BCUT2D eigenvalue weighted by Crippen LogP contribution is 2.41. The number of halogens is 7. The van der Waals surface area contributed by atoms with Gasteiger partial charge in [0.05, 0.1) is 16.4 Å². The van der Waals surface area contributed by atoms with Gasteiger partial charge in [-0.15, -0.1) is 0 Å². The molecule has 0 saturated heterocycles. The van der Waals surface area contributed by atoms with Gasteiger partial charge >= 0.3 is 12.4 Å². The van der Waals surface area contributed by atoms with Crippen molar-refractivity contribution in [3.63, 3.8) is 0 Å². The molecule has 4 rings (SSSR count).